The third-order valence-corrected chi connectivity index (χ3v) is 4.14. The van der Waals surface area contributed by atoms with E-state index in [1.165, 1.54) is 0 Å². The first-order valence-electron chi connectivity index (χ1n) is 8.24. The molecule has 0 spiro atoms. The van der Waals surface area contributed by atoms with Gasteiger partial charge in [-0.05, 0) is 18.1 Å². The van der Waals surface area contributed by atoms with Gasteiger partial charge in [0.1, 0.15) is 6.10 Å². The third kappa shape index (κ3) is 4.43. The second kappa shape index (κ2) is 8.08. The van der Waals surface area contributed by atoms with Gasteiger partial charge in [-0.3, -0.25) is 0 Å². The van der Waals surface area contributed by atoms with Gasteiger partial charge in [0.15, 0.2) is 6.10 Å². The van der Waals surface area contributed by atoms with E-state index in [-0.39, 0.29) is 18.2 Å². The maximum absolute atomic E-state index is 12.0. The van der Waals surface area contributed by atoms with E-state index in [2.05, 4.69) is 0 Å². The van der Waals surface area contributed by atoms with Gasteiger partial charge in [0.25, 0.3) is 0 Å². The fourth-order valence-electron chi connectivity index (χ4n) is 2.72. The standard InChI is InChI=1S/C20H22O4/c1-15-18(22-13-16-8-4-2-5-9-16)12-19(20(21)24-15)23-14-17-10-6-3-7-11-17/h2-11,15,18-19H,12-14H2,1H3/t15-,18-,19-/m0/s1. The second-order valence-corrected chi connectivity index (χ2v) is 6.00. The molecule has 0 aliphatic carbocycles. The zero-order chi connectivity index (χ0) is 16.8. The Kier molecular flexibility index (Phi) is 5.62. The first kappa shape index (κ1) is 16.7. The zero-order valence-corrected chi connectivity index (χ0v) is 13.8. The lowest BCUT2D eigenvalue weighted by molar-refractivity contribution is -0.190. The van der Waals surface area contributed by atoms with E-state index in [1.54, 1.807) is 0 Å². The number of carbonyl (C=O) groups excluding carboxylic acids is 1. The van der Waals surface area contributed by atoms with Crippen LogP contribution in [0.3, 0.4) is 0 Å². The van der Waals surface area contributed by atoms with Gasteiger partial charge in [-0.25, -0.2) is 4.79 Å². The zero-order valence-electron chi connectivity index (χ0n) is 13.8. The molecule has 4 nitrogen and oxygen atoms in total. The Labute approximate surface area is 142 Å². The molecule has 3 atom stereocenters. The molecule has 0 aromatic heterocycles. The van der Waals surface area contributed by atoms with Crippen LogP contribution in [0.4, 0.5) is 0 Å². The van der Waals surface area contributed by atoms with E-state index < -0.39 is 6.10 Å². The molecule has 1 aliphatic rings. The lowest BCUT2D eigenvalue weighted by Gasteiger charge is -2.33. The average molecular weight is 326 g/mol. The van der Waals surface area contributed by atoms with Gasteiger partial charge < -0.3 is 14.2 Å². The number of ether oxygens (including phenoxy) is 3. The highest BCUT2D eigenvalue weighted by molar-refractivity contribution is 5.75. The Balaban J connectivity index is 1.54. The predicted molar refractivity (Wildman–Crippen MR) is 90.2 cm³/mol. The van der Waals surface area contributed by atoms with Crippen LogP contribution in [0.2, 0.25) is 0 Å². The smallest absolute Gasteiger partial charge is 0.335 e. The van der Waals surface area contributed by atoms with Gasteiger partial charge >= 0.3 is 5.97 Å². The van der Waals surface area contributed by atoms with E-state index in [1.807, 2.05) is 67.6 Å². The van der Waals surface area contributed by atoms with Crippen molar-refractivity contribution in [3.05, 3.63) is 71.8 Å². The van der Waals surface area contributed by atoms with Crippen molar-refractivity contribution >= 4 is 5.97 Å². The van der Waals surface area contributed by atoms with Crippen LogP contribution >= 0.6 is 0 Å². The molecule has 1 aliphatic heterocycles. The van der Waals surface area contributed by atoms with Crippen molar-refractivity contribution in [3.63, 3.8) is 0 Å². The highest BCUT2D eigenvalue weighted by Crippen LogP contribution is 2.23. The summed E-state index contributed by atoms with van der Waals surface area (Å²) in [5.41, 5.74) is 2.13. The molecule has 126 valence electrons. The topological polar surface area (TPSA) is 44.8 Å². The molecule has 1 fully saturated rings. The third-order valence-electron chi connectivity index (χ3n) is 4.14. The summed E-state index contributed by atoms with van der Waals surface area (Å²) in [6.07, 6.45) is -0.497. The minimum absolute atomic E-state index is 0.163. The minimum atomic E-state index is -0.581. The van der Waals surface area contributed by atoms with Crippen molar-refractivity contribution in [3.8, 4) is 0 Å². The van der Waals surface area contributed by atoms with Crippen molar-refractivity contribution < 1.29 is 19.0 Å². The summed E-state index contributed by atoms with van der Waals surface area (Å²) in [4.78, 5) is 12.0. The van der Waals surface area contributed by atoms with Crippen LogP contribution in [0.25, 0.3) is 0 Å². The maximum Gasteiger partial charge on any atom is 0.335 e. The summed E-state index contributed by atoms with van der Waals surface area (Å²) in [5.74, 6) is -0.307. The van der Waals surface area contributed by atoms with E-state index in [4.69, 9.17) is 14.2 Å². The molecular formula is C20H22O4. The van der Waals surface area contributed by atoms with Gasteiger partial charge in [-0.2, -0.15) is 0 Å². The summed E-state index contributed by atoms with van der Waals surface area (Å²) in [5, 5.41) is 0. The van der Waals surface area contributed by atoms with Crippen molar-refractivity contribution in [2.75, 3.05) is 0 Å². The molecule has 1 heterocycles. The van der Waals surface area contributed by atoms with E-state index >= 15 is 0 Å². The Morgan fingerprint density at radius 3 is 2.04 bits per heavy atom. The lowest BCUT2D eigenvalue weighted by Crippen LogP contribution is -2.45. The van der Waals surface area contributed by atoms with Crippen molar-refractivity contribution in [2.24, 2.45) is 0 Å². The maximum atomic E-state index is 12.0. The molecule has 0 amide bonds. The van der Waals surface area contributed by atoms with Gasteiger partial charge in [-0.1, -0.05) is 60.7 Å². The summed E-state index contributed by atoms with van der Waals surface area (Å²) in [6.45, 7) is 2.75. The van der Waals surface area contributed by atoms with Crippen LogP contribution in [0, 0.1) is 0 Å². The molecule has 2 aromatic rings. The fraction of sp³-hybridized carbons (Fsp3) is 0.350. The molecule has 4 heteroatoms. The molecule has 0 radical (unpaired) electrons. The van der Waals surface area contributed by atoms with Crippen LogP contribution in [-0.2, 0) is 32.2 Å². The normalized spacial score (nSPS) is 23.7. The predicted octanol–water partition coefficient (Wildman–Crippen LogP) is 3.49. The van der Waals surface area contributed by atoms with Crippen molar-refractivity contribution in [1.29, 1.82) is 0 Å². The number of esters is 1. The first-order valence-corrected chi connectivity index (χ1v) is 8.24. The number of rotatable bonds is 6. The van der Waals surface area contributed by atoms with Gasteiger partial charge in [0.2, 0.25) is 0 Å². The molecule has 3 rings (SSSR count). The van der Waals surface area contributed by atoms with Crippen molar-refractivity contribution in [2.45, 2.75) is 44.9 Å². The Bertz CT molecular complexity index is 641. The number of benzene rings is 2. The largest absolute Gasteiger partial charge is 0.458 e. The van der Waals surface area contributed by atoms with Crippen LogP contribution in [0.1, 0.15) is 24.5 Å². The molecule has 0 saturated carbocycles. The van der Waals surface area contributed by atoms with E-state index in [0.717, 1.165) is 11.1 Å². The summed E-state index contributed by atoms with van der Waals surface area (Å²) >= 11 is 0. The Morgan fingerprint density at radius 2 is 1.46 bits per heavy atom. The summed E-state index contributed by atoms with van der Waals surface area (Å²) in [7, 11) is 0. The quantitative estimate of drug-likeness (QED) is 0.762. The molecule has 0 bridgehead atoms. The highest BCUT2D eigenvalue weighted by Gasteiger charge is 2.36. The number of carbonyl (C=O) groups is 1. The first-order chi connectivity index (χ1) is 11.7. The molecular weight excluding hydrogens is 304 g/mol. The average Bonchev–Trinajstić information content (AvgIpc) is 2.62. The molecule has 24 heavy (non-hydrogen) atoms. The van der Waals surface area contributed by atoms with Gasteiger partial charge in [-0.15, -0.1) is 0 Å². The Hall–Kier alpha value is -2.17. The molecule has 0 N–H and O–H groups in total. The number of hydrogen-bond donors (Lipinski definition) is 0. The monoisotopic (exact) mass is 326 g/mol. The number of cyclic esters (lactones) is 1. The lowest BCUT2D eigenvalue weighted by atomic mass is 10.0. The molecule has 1 saturated heterocycles. The van der Waals surface area contributed by atoms with Crippen molar-refractivity contribution in [1.82, 2.24) is 0 Å². The van der Waals surface area contributed by atoms with Gasteiger partial charge in [0.05, 0.1) is 19.3 Å². The van der Waals surface area contributed by atoms with E-state index in [0.29, 0.717) is 19.6 Å². The van der Waals surface area contributed by atoms with Crippen LogP contribution in [0.15, 0.2) is 60.7 Å². The van der Waals surface area contributed by atoms with Crippen LogP contribution in [-0.4, -0.2) is 24.3 Å². The van der Waals surface area contributed by atoms with E-state index in [9.17, 15) is 4.79 Å². The molecule has 0 unspecified atom stereocenters. The number of hydrogen-bond acceptors (Lipinski definition) is 4. The van der Waals surface area contributed by atoms with Crippen LogP contribution in [0.5, 0.6) is 0 Å². The minimum Gasteiger partial charge on any atom is -0.458 e. The second-order valence-electron chi connectivity index (χ2n) is 6.00. The molecule has 2 aromatic carbocycles. The fourth-order valence-corrected chi connectivity index (χ4v) is 2.72. The Morgan fingerprint density at radius 1 is 0.917 bits per heavy atom. The van der Waals surface area contributed by atoms with Crippen LogP contribution < -0.4 is 0 Å². The van der Waals surface area contributed by atoms with Gasteiger partial charge in [0, 0.05) is 6.42 Å². The summed E-state index contributed by atoms with van der Waals surface area (Å²) < 4.78 is 17.1. The summed E-state index contributed by atoms with van der Waals surface area (Å²) in [6, 6.07) is 19.8. The SMILES string of the molecule is C[C@@H]1OC(=O)[C@@H](OCc2ccccc2)C[C@@H]1OCc1ccccc1. The highest BCUT2D eigenvalue weighted by atomic mass is 16.6.